The molecule has 1 aromatic heterocycles. The molecule has 0 aliphatic carbocycles. The van der Waals surface area contributed by atoms with Gasteiger partial charge in [-0.1, -0.05) is 0 Å². The molecule has 1 heterocycles. The van der Waals surface area contributed by atoms with E-state index >= 15 is 0 Å². The zero-order valence-corrected chi connectivity index (χ0v) is 12.6. The average molecular weight is 313 g/mol. The zero-order chi connectivity index (χ0) is 16.5. The Morgan fingerprint density at radius 2 is 1.91 bits per heavy atom. The number of aryl methyl sites for hydroxylation is 1. The van der Waals surface area contributed by atoms with Gasteiger partial charge >= 0.3 is 0 Å². The van der Waals surface area contributed by atoms with Crippen molar-refractivity contribution in [3.63, 3.8) is 0 Å². The van der Waals surface area contributed by atoms with Gasteiger partial charge in [-0.3, -0.25) is 4.68 Å². The minimum absolute atomic E-state index is 0.139. The summed E-state index contributed by atoms with van der Waals surface area (Å²) in [6.07, 6.45) is 3.23. The highest BCUT2D eigenvalue weighted by atomic mass is 19.2. The van der Waals surface area contributed by atoms with Crippen molar-refractivity contribution in [2.75, 3.05) is 6.54 Å². The lowest BCUT2D eigenvalue weighted by Gasteiger charge is -2.25. The van der Waals surface area contributed by atoms with Crippen molar-refractivity contribution in [3.05, 3.63) is 53.1 Å². The van der Waals surface area contributed by atoms with Gasteiger partial charge in [0.15, 0.2) is 17.5 Å². The van der Waals surface area contributed by atoms with Crippen LogP contribution in [0.15, 0.2) is 24.5 Å². The fourth-order valence-electron chi connectivity index (χ4n) is 2.10. The fourth-order valence-corrected chi connectivity index (χ4v) is 2.10. The van der Waals surface area contributed by atoms with Crippen molar-refractivity contribution in [1.29, 1.82) is 0 Å². The molecule has 0 aliphatic rings. The van der Waals surface area contributed by atoms with Crippen LogP contribution in [-0.4, -0.2) is 21.4 Å². The second-order valence-corrected chi connectivity index (χ2v) is 5.58. The van der Waals surface area contributed by atoms with E-state index in [-0.39, 0.29) is 12.1 Å². The van der Waals surface area contributed by atoms with E-state index in [0.29, 0.717) is 5.56 Å². The van der Waals surface area contributed by atoms with Crippen molar-refractivity contribution in [2.24, 2.45) is 7.05 Å². The van der Waals surface area contributed by atoms with E-state index in [1.807, 2.05) is 0 Å². The van der Waals surface area contributed by atoms with E-state index in [1.165, 1.54) is 0 Å². The van der Waals surface area contributed by atoms with Crippen LogP contribution in [0, 0.1) is 17.5 Å². The molecule has 0 fully saturated rings. The topological polar surface area (TPSA) is 50.1 Å². The van der Waals surface area contributed by atoms with Crippen molar-refractivity contribution >= 4 is 0 Å². The summed E-state index contributed by atoms with van der Waals surface area (Å²) in [4.78, 5) is 0. The van der Waals surface area contributed by atoms with Gasteiger partial charge in [0.25, 0.3) is 0 Å². The van der Waals surface area contributed by atoms with Gasteiger partial charge in [0, 0.05) is 31.4 Å². The molecule has 120 valence electrons. The Morgan fingerprint density at radius 1 is 1.32 bits per heavy atom. The minimum atomic E-state index is -1.49. The van der Waals surface area contributed by atoms with Gasteiger partial charge in [0.1, 0.15) is 5.60 Å². The number of nitrogens with one attached hydrogen (secondary N) is 1. The number of aliphatic hydroxyl groups is 1. The molecule has 22 heavy (non-hydrogen) atoms. The monoisotopic (exact) mass is 313 g/mol. The molecule has 0 saturated carbocycles. The van der Waals surface area contributed by atoms with Crippen LogP contribution in [0.3, 0.4) is 0 Å². The molecule has 7 heteroatoms. The fraction of sp³-hybridized carbons (Fsp3) is 0.400. The van der Waals surface area contributed by atoms with Gasteiger partial charge < -0.3 is 10.4 Å². The third-order valence-electron chi connectivity index (χ3n) is 3.59. The Kier molecular flexibility index (Phi) is 4.58. The van der Waals surface area contributed by atoms with Crippen molar-refractivity contribution < 1.29 is 18.3 Å². The number of hydrogen-bond acceptors (Lipinski definition) is 3. The summed E-state index contributed by atoms with van der Waals surface area (Å²) >= 11 is 0. The summed E-state index contributed by atoms with van der Waals surface area (Å²) in [5.74, 6) is -3.95. The normalized spacial score (nSPS) is 15.6. The van der Waals surface area contributed by atoms with Gasteiger partial charge in [-0.25, -0.2) is 13.2 Å². The first-order valence-corrected chi connectivity index (χ1v) is 6.80. The van der Waals surface area contributed by atoms with Gasteiger partial charge in [-0.05, 0) is 31.5 Å². The van der Waals surface area contributed by atoms with Crippen LogP contribution in [0.2, 0.25) is 0 Å². The molecular weight excluding hydrogens is 295 g/mol. The molecule has 2 N–H and O–H groups in total. The zero-order valence-electron chi connectivity index (χ0n) is 12.6. The quantitative estimate of drug-likeness (QED) is 0.834. The Labute approximate surface area is 126 Å². The van der Waals surface area contributed by atoms with E-state index in [2.05, 4.69) is 10.4 Å². The molecule has 0 saturated heterocycles. The van der Waals surface area contributed by atoms with Crippen LogP contribution in [-0.2, 0) is 12.6 Å². The van der Waals surface area contributed by atoms with Crippen LogP contribution in [0.25, 0.3) is 0 Å². The predicted octanol–water partition coefficient (Wildman–Crippen LogP) is 2.40. The number of halogens is 3. The summed E-state index contributed by atoms with van der Waals surface area (Å²) in [5, 5.41) is 17.4. The average Bonchev–Trinajstić information content (AvgIpc) is 2.89. The Morgan fingerprint density at radius 3 is 2.41 bits per heavy atom. The predicted molar refractivity (Wildman–Crippen MR) is 75.5 cm³/mol. The highest BCUT2D eigenvalue weighted by Crippen LogP contribution is 2.22. The lowest BCUT2D eigenvalue weighted by molar-refractivity contribution is 0.0543. The molecule has 2 rings (SSSR count). The van der Waals surface area contributed by atoms with Gasteiger partial charge in [0.05, 0.1) is 6.20 Å². The van der Waals surface area contributed by atoms with Crippen LogP contribution < -0.4 is 5.32 Å². The second-order valence-electron chi connectivity index (χ2n) is 5.58. The van der Waals surface area contributed by atoms with Crippen LogP contribution in [0.1, 0.15) is 31.0 Å². The van der Waals surface area contributed by atoms with Crippen molar-refractivity contribution in [3.8, 4) is 0 Å². The maximum atomic E-state index is 13.2. The van der Waals surface area contributed by atoms with Crippen LogP contribution in [0.4, 0.5) is 13.2 Å². The first kappa shape index (κ1) is 16.5. The van der Waals surface area contributed by atoms with Crippen LogP contribution >= 0.6 is 0 Å². The highest BCUT2D eigenvalue weighted by Gasteiger charge is 2.25. The summed E-state index contributed by atoms with van der Waals surface area (Å²) in [5.41, 5.74) is -0.316. The molecule has 0 spiro atoms. The summed E-state index contributed by atoms with van der Waals surface area (Å²) in [6.45, 7) is 3.42. The molecular formula is C15H18F3N3O. The molecule has 0 radical (unpaired) electrons. The minimum Gasteiger partial charge on any atom is -0.384 e. The van der Waals surface area contributed by atoms with E-state index in [0.717, 1.165) is 12.1 Å². The Hall–Kier alpha value is -1.86. The van der Waals surface area contributed by atoms with Gasteiger partial charge in [0.2, 0.25) is 0 Å². The van der Waals surface area contributed by atoms with E-state index in [1.54, 1.807) is 38.0 Å². The van der Waals surface area contributed by atoms with Gasteiger partial charge in [-0.15, -0.1) is 0 Å². The van der Waals surface area contributed by atoms with Crippen LogP contribution in [0.5, 0.6) is 0 Å². The summed E-state index contributed by atoms with van der Waals surface area (Å²) in [7, 11) is 1.74. The Bertz CT molecular complexity index is 647. The highest BCUT2D eigenvalue weighted by molar-refractivity contribution is 5.22. The second kappa shape index (κ2) is 6.10. The SMILES string of the molecule is CC(NCC(C)(O)c1cnn(C)c1)c1cc(F)c(F)c(F)c1. The van der Waals surface area contributed by atoms with E-state index < -0.39 is 29.1 Å². The standard InChI is InChI=1S/C15H18F3N3O/c1-9(10-4-12(16)14(18)13(17)5-10)19-8-15(2,22)11-6-20-21(3)7-11/h4-7,9,19,22H,8H2,1-3H3. The van der Waals surface area contributed by atoms with E-state index in [4.69, 9.17) is 0 Å². The summed E-state index contributed by atoms with van der Waals surface area (Å²) in [6, 6.07) is 1.41. The molecule has 4 nitrogen and oxygen atoms in total. The van der Waals surface area contributed by atoms with Crippen molar-refractivity contribution in [2.45, 2.75) is 25.5 Å². The molecule has 2 aromatic rings. The lowest BCUT2D eigenvalue weighted by Crippen LogP contribution is -2.36. The lowest BCUT2D eigenvalue weighted by atomic mass is 9.98. The number of rotatable bonds is 5. The maximum absolute atomic E-state index is 13.2. The number of aromatic nitrogens is 2. The number of benzene rings is 1. The molecule has 0 amide bonds. The van der Waals surface area contributed by atoms with E-state index in [9.17, 15) is 18.3 Å². The van der Waals surface area contributed by atoms with Gasteiger partial charge in [-0.2, -0.15) is 5.10 Å². The molecule has 1 aromatic carbocycles. The van der Waals surface area contributed by atoms with Crippen molar-refractivity contribution in [1.82, 2.24) is 15.1 Å². The largest absolute Gasteiger partial charge is 0.384 e. The molecule has 0 bridgehead atoms. The smallest absolute Gasteiger partial charge is 0.194 e. The third kappa shape index (κ3) is 3.48. The first-order chi connectivity index (χ1) is 10.2. The number of hydrogen-bond donors (Lipinski definition) is 2. The molecule has 0 aliphatic heterocycles. The summed E-state index contributed by atoms with van der Waals surface area (Å²) < 4.78 is 41.0. The molecule has 2 atom stereocenters. The first-order valence-electron chi connectivity index (χ1n) is 6.80. The molecule has 2 unspecified atom stereocenters. The maximum Gasteiger partial charge on any atom is 0.194 e. The Balaban J connectivity index is 2.08. The number of nitrogens with zero attached hydrogens (tertiary/aromatic N) is 2. The third-order valence-corrected chi connectivity index (χ3v) is 3.59.